The van der Waals surface area contributed by atoms with Crippen molar-refractivity contribution in [1.29, 1.82) is 0 Å². The van der Waals surface area contributed by atoms with E-state index in [1.165, 1.54) is 0 Å². The summed E-state index contributed by atoms with van der Waals surface area (Å²) >= 11 is 1.67. The Labute approximate surface area is 123 Å². The van der Waals surface area contributed by atoms with E-state index in [2.05, 4.69) is 10.1 Å². The quantitative estimate of drug-likeness (QED) is 0.606. The molecule has 20 heavy (non-hydrogen) atoms. The van der Waals surface area contributed by atoms with E-state index < -0.39 is 0 Å². The highest BCUT2D eigenvalue weighted by Gasteiger charge is 2.12. The Morgan fingerprint density at radius 1 is 1.20 bits per heavy atom. The molecule has 4 nitrogen and oxygen atoms in total. The molecule has 0 N–H and O–H groups in total. The first-order valence-electron chi connectivity index (χ1n) is 6.77. The fraction of sp³-hybridized carbons (Fsp3) is 0.400. The van der Waals surface area contributed by atoms with Gasteiger partial charge >= 0.3 is 0 Å². The summed E-state index contributed by atoms with van der Waals surface area (Å²) < 4.78 is 1.73. The molecule has 0 unspecified atom stereocenters. The highest BCUT2D eigenvalue weighted by molar-refractivity contribution is 7.98. The van der Waals surface area contributed by atoms with Crippen molar-refractivity contribution in [1.82, 2.24) is 14.8 Å². The number of thioether (sulfide) groups is 1. The summed E-state index contributed by atoms with van der Waals surface area (Å²) in [6, 6.07) is 7.68. The molecule has 106 valence electrons. The summed E-state index contributed by atoms with van der Waals surface area (Å²) in [5, 5.41) is 4.38. The molecule has 5 heteroatoms. The molecule has 0 spiro atoms. The normalized spacial score (nSPS) is 10.8. The van der Waals surface area contributed by atoms with Gasteiger partial charge in [-0.15, -0.1) is 11.8 Å². The second-order valence-electron chi connectivity index (χ2n) is 4.46. The first-order valence-corrected chi connectivity index (χ1v) is 8.00. The molecule has 0 bridgehead atoms. The molecule has 0 aliphatic carbocycles. The van der Waals surface area contributed by atoms with Gasteiger partial charge in [-0.2, -0.15) is 5.10 Å². The molecule has 2 rings (SSSR count). The summed E-state index contributed by atoms with van der Waals surface area (Å²) in [4.78, 5) is 17.9. The Bertz CT molecular complexity index is 590. The lowest BCUT2D eigenvalue weighted by Crippen LogP contribution is -2.14. The van der Waals surface area contributed by atoms with Crippen molar-refractivity contribution >= 4 is 17.5 Å². The summed E-state index contributed by atoms with van der Waals surface area (Å²) in [6.45, 7) is 4.30. The van der Waals surface area contributed by atoms with E-state index in [0.717, 1.165) is 34.9 Å². The number of ketones is 1. The minimum atomic E-state index is 0.0694. The maximum Gasteiger partial charge on any atom is 0.184 e. The van der Waals surface area contributed by atoms with E-state index in [1.807, 2.05) is 44.4 Å². The number of aryl methyl sites for hydroxylation is 2. The highest BCUT2D eigenvalue weighted by Crippen LogP contribution is 2.15. The monoisotopic (exact) mass is 289 g/mol. The molecule has 0 aliphatic heterocycles. The van der Waals surface area contributed by atoms with Gasteiger partial charge in [-0.05, 0) is 18.4 Å². The average Bonchev–Trinajstić information content (AvgIpc) is 2.89. The van der Waals surface area contributed by atoms with Gasteiger partial charge in [0, 0.05) is 23.3 Å². The summed E-state index contributed by atoms with van der Waals surface area (Å²) in [5.41, 5.74) is 0.721. The Balaban J connectivity index is 2.15. The average molecular weight is 289 g/mol. The zero-order chi connectivity index (χ0) is 14.5. The predicted molar refractivity (Wildman–Crippen MR) is 81.3 cm³/mol. The van der Waals surface area contributed by atoms with Crippen LogP contribution in [0.5, 0.6) is 0 Å². The molecule has 2 aromatic rings. The smallest absolute Gasteiger partial charge is 0.184 e. The van der Waals surface area contributed by atoms with Gasteiger partial charge in [0.15, 0.2) is 11.6 Å². The summed E-state index contributed by atoms with van der Waals surface area (Å²) in [7, 11) is 0. The fourth-order valence-corrected chi connectivity index (χ4v) is 2.38. The number of benzene rings is 1. The summed E-state index contributed by atoms with van der Waals surface area (Å²) in [6.07, 6.45) is 3.59. The second kappa shape index (κ2) is 6.70. The predicted octanol–water partition coefficient (Wildman–Crippen LogP) is 3.01. The number of carbonyl (C=O) groups is 1. The number of nitrogens with zero attached hydrogens (tertiary/aromatic N) is 3. The van der Waals surface area contributed by atoms with Crippen molar-refractivity contribution in [3.8, 4) is 0 Å². The fourth-order valence-electron chi connectivity index (χ4n) is 1.97. The topological polar surface area (TPSA) is 47.8 Å². The largest absolute Gasteiger partial charge is 0.292 e. The van der Waals surface area contributed by atoms with Crippen LogP contribution in [0.25, 0.3) is 0 Å². The van der Waals surface area contributed by atoms with Crippen molar-refractivity contribution in [2.45, 2.75) is 38.1 Å². The van der Waals surface area contributed by atoms with Crippen LogP contribution in [0, 0.1) is 0 Å². The second-order valence-corrected chi connectivity index (χ2v) is 5.34. The van der Waals surface area contributed by atoms with Gasteiger partial charge in [0.25, 0.3) is 0 Å². The van der Waals surface area contributed by atoms with Gasteiger partial charge in [-0.25, -0.2) is 9.67 Å². The van der Waals surface area contributed by atoms with E-state index in [-0.39, 0.29) is 12.3 Å². The van der Waals surface area contributed by atoms with Crippen LogP contribution in [-0.2, 0) is 19.4 Å². The highest BCUT2D eigenvalue weighted by atomic mass is 32.2. The number of aromatic nitrogens is 3. The molecule has 0 saturated heterocycles. The van der Waals surface area contributed by atoms with Gasteiger partial charge in [0.2, 0.25) is 0 Å². The minimum absolute atomic E-state index is 0.0694. The van der Waals surface area contributed by atoms with Crippen LogP contribution in [0.4, 0.5) is 0 Å². The van der Waals surface area contributed by atoms with Crippen LogP contribution in [0.3, 0.4) is 0 Å². The van der Waals surface area contributed by atoms with E-state index in [0.29, 0.717) is 0 Å². The van der Waals surface area contributed by atoms with Gasteiger partial charge in [0.05, 0.1) is 0 Å². The third-order valence-corrected chi connectivity index (χ3v) is 3.87. The minimum Gasteiger partial charge on any atom is -0.292 e. The van der Waals surface area contributed by atoms with Crippen molar-refractivity contribution < 1.29 is 4.79 Å². The van der Waals surface area contributed by atoms with Crippen LogP contribution in [0.1, 0.15) is 35.9 Å². The van der Waals surface area contributed by atoms with Crippen LogP contribution in [0.15, 0.2) is 29.2 Å². The third kappa shape index (κ3) is 3.28. The Hall–Kier alpha value is -1.62. The molecule has 1 aromatic carbocycles. The molecule has 0 saturated carbocycles. The van der Waals surface area contributed by atoms with Gasteiger partial charge in [0.1, 0.15) is 12.4 Å². The third-order valence-electron chi connectivity index (χ3n) is 3.13. The van der Waals surface area contributed by atoms with Crippen LogP contribution >= 0.6 is 11.8 Å². The SMILES string of the molecule is CCc1nc(CC)n(CC(=O)c2ccc(SC)cc2)n1. The molecule has 0 radical (unpaired) electrons. The Morgan fingerprint density at radius 3 is 2.45 bits per heavy atom. The zero-order valence-electron chi connectivity index (χ0n) is 12.1. The lowest BCUT2D eigenvalue weighted by Gasteiger charge is -2.04. The number of Topliss-reactive ketones (excluding diaryl/α,β-unsaturated/α-hetero) is 1. The molecule has 1 heterocycles. The number of hydrogen-bond donors (Lipinski definition) is 0. The van der Waals surface area contributed by atoms with E-state index >= 15 is 0 Å². The van der Waals surface area contributed by atoms with E-state index in [4.69, 9.17) is 0 Å². The number of hydrogen-bond acceptors (Lipinski definition) is 4. The first-order chi connectivity index (χ1) is 9.67. The van der Waals surface area contributed by atoms with Crippen molar-refractivity contribution in [2.24, 2.45) is 0 Å². The molecule has 1 aromatic heterocycles. The van der Waals surface area contributed by atoms with Gasteiger partial charge < -0.3 is 0 Å². The maximum absolute atomic E-state index is 12.3. The van der Waals surface area contributed by atoms with Crippen LogP contribution in [0.2, 0.25) is 0 Å². The lowest BCUT2D eigenvalue weighted by molar-refractivity contribution is 0.0966. The number of rotatable bonds is 6. The van der Waals surface area contributed by atoms with Gasteiger partial charge in [-0.1, -0.05) is 26.0 Å². The molecular weight excluding hydrogens is 270 g/mol. The van der Waals surface area contributed by atoms with Crippen molar-refractivity contribution in [2.75, 3.05) is 6.26 Å². The molecule has 0 atom stereocenters. The standard InChI is InChI=1S/C15H19N3OS/c1-4-14-16-15(5-2)18(17-14)10-13(19)11-6-8-12(20-3)9-7-11/h6-9H,4-5,10H2,1-3H3. The summed E-state index contributed by atoms with van der Waals surface area (Å²) in [5.74, 6) is 1.74. The molecule has 0 amide bonds. The van der Waals surface area contributed by atoms with Crippen molar-refractivity contribution in [3.05, 3.63) is 41.5 Å². The lowest BCUT2D eigenvalue weighted by atomic mass is 10.1. The van der Waals surface area contributed by atoms with Crippen molar-refractivity contribution in [3.63, 3.8) is 0 Å². The molecule has 0 aliphatic rings. The Morgan fingerprint density at radius 2 is 1.90 bits per heavy atom. The number of carbonyl (C=O) groups excluding carboxylic acids is 1. The maximum atomic E-state index is 12.3. The Kier molecular flexibility index (Phi) is 4.95. The molecule has 0 fully saturated rings. The first kappa shape index (κ1) is 14.8. The van der Waals surface area contributed by atoms with Crippen LogP contribution in [-0.4, -0.2) is 26.8 Å². The van der Waals surface area contributed by atoms with E-state index in [1.54, 1.807) is 16.4 Å². The van der Waals surface area contributed by atoms with Gasteiger partial charge in [-0.3, -0.25) is 4.79 Å². The van der Waals surface area contributed by atoms with E-state index in [9.17, 15) is 4.79 Å². The molecular formula is C15H19N3OS. The zero-order valence-corrected chi connectivity index (χ0v) is 12.9. The van der Waals surface area contributed by atoms with Crippen LogP contribution < -0.4 is 0 Å².